The quantitative estimate of drug-likeness (QED) is 0.428. The molecule has 0 unspecified atom stereocenters. The number of carbonyl (C=O) groups is 3. The summed E-state index contributed by atoms with van der Waals surface area (Å²) in [4.78, 5) is 37.0. The number of nitrogens with zero attached hydrogens (tertiary/aromatic N) is 1. The van der Waals surface area contributed by atoms with Crippen LogP contribution in [0.25, 0.3) is 0 Å². The molecular formula is C19H17NO6. The van der Waals surface area contributed by atoms with E-state index in [1.165, 1.54) is 0 Å². The number of ketones is 1. The summed E-state index contributed by atoms with van der Waals surface area (Å²) in [5.74, 6) is -0.611. The molecule has 1 heterocycles. The van der Waals surface area contributed by atoms with Crippen LogP contribution in [0.1, 0.15) is 10.4 Å². The van der Waals surface area contributed by atoms with Crippen molar-refractivity contribution >= 4 is 23.3 Å². The Hall–Kier alpha value is -3.35. The number of carbonyl (C=O) groups excluding carboxylic acids is 3. The van der Waals surface area contributed by atoms with E-state index in [0.717, 1.165) is 4.90 Å². The summed E-state index contributed by atoms with van der Waals surface area (Å²) in [6.45, 7) is -0.117. The van der Waals surface area contributed by atoms with Crippen LogP contribution in [0, 0.1) is 0 Å². The SMILES string of the molecule is COc1ccc(OCCOC(=O)CN2C(=O)C(=O)c3ccccc32)cc1. The molecule has 0 aromatic heterocycles. The Morgan fingerprint density at radius 2 is 1.65 bits per heavy atom. The van der Waals surface area contributed by atoms with E-state index in [-0.39, 0.29) is 19.8 Å². The first-order valence-electron chi connectivity index (χ1n) is 7.98. The highest BCUT2D eigenvalue weighted by atomic mass is 16.6. The number of Topliss-reactive ketones (excluding diaryl/α,β-unsaturated/α-hetero) is 1. The van der Waals surface area contributed by atoms with Crippen LogP contribution in [0.4, 0.5) is 5.69 Å². The Balaban J connectivity index is 1.47. The number of amides is 1. The molecule has 7 nitrogen and oxygen atoms in total. The molecule has 2 aromatic carbocycles. The summed E-state index contributed by atoms with van der Waals surface area (Å²) in [7, 11) is 1.58. The summed E-state index contributed by atoms with van der Waals surface area (Å²) >= 11 is 0. The van der Waals surface area contributed by atoms with Crippen molar-refractivity contribution in [2.75, 3.05) is 31.8 Å². The van der Waals surface area contributed by atoms with E-state index in [1.54, 1.807) is 55.6 Å². The van der Waals surface area contributed by atoms with Crippen LogP contribution in [-0.4, -0.2) is 44.5 Å². The minimum atomic E-state index is -0.724. The van der Waals surface area contributed by atoms with Crippen molar-refractivity contribution in [3.8, 4) is 11.5 Å². The van der Waals surface area contributed by atoms with Gasteiger partial charge in [0, 0.05) is 0 Å². The van der Waals surface area contributed by atoms with Crippen LogP contribution in [0.3, 0.4) is 0 Å². The Kier molecular flexibility index (Phi) is 5.17. The Morgan fingerprint density at radius 1 is 0.962 bits per heavy atom. The van der Waals surface area contributed by atoms with Gasteiger partial charge in [-0.2, -0.15) is 0 Å². The lowest BCUT2D eigenvalue weighted by molar-refractivity contribution is -0.143. The summed E-state index contributed by atoms with van der Waals surface area (Å²) in [5, 5.41) is 0. The lowest BCUT2D eigenvalue weighted by atomic mass is 10.1. The number of esters is 1. The molecule has 0 saturated carbocycles. The van der Waals surface area contributed by atoms with Gasteiger partial charge in [0.1, 0.15) is 31.3 Å². The van der Waals surface area contributed by atoms with Crippen molar-refractivity contribution in [2.24, 2.45) is 0 Å². The van der Waals surface area contributed by atoms with Crippen LogP contribution in [0.5, 0.6) is 11.5 Å². The second kappa shape index (κ2) is 7.69. The van der Waals surface area contributed by atoms with E-state index in [4.69, 9.17) is 14.2 Å². The van der Waals surface area contributed by atoms with Gasteiger partial charge in [0.05, 0.1) is 18.4 Å². The number of hydrogen-bond acceptors (Lipinski definition) is 6. The fourth-order valence-electron chi connectivity index (χ4n) is 2.57. The number of hydrogen-bond donors (Lipinski definition) is 0. The van der Waals surface area contributed by atoms with E-state index in [1.807, 2.05) is 0 Å². The number of para-hydroxylation sites is 1. The van der Waals surface area contributed by atoms with Gasteiger partial charge in [-0.3, -0.25) is 19.3 Å². The highest BCUT2D eigenvalue weighted by molar-refractivity contribution is 6.52. The monoisotopic (exact) mass is 355 g/mol. The minimum absolute atomic E-state index is 0.0302. The normalized spacial score (nSPS) is 12.7. The second-order valence-corrected chi connectivity index (χ2v) is 5.48. The number of methoxy groups -OCH3 is 1. The predicted molar refractivity (Wildman–Crippen MR) is 92.6 cm³/mol. The predicted octanol–water partition coefficient (Wildman–Crippen LogP) is 1.85. The molecule has 0 N–H and O–H groups in total. The minimum Gasteiger partial charge on any atom is -0.497 e. The molecule has 1 aliphatic heterocycles. The van der Waals surface area contributed by atoms with Gasteiger partial charge in [0.25, 0.3) is 11.7 Å². The molecule has 2 aromatic rings. The molecule has 1 aliphatic rings. The zero-order valence-electron chi connectivity index (χ0n) is 14.1. The molecule has 0 saturated heterocycles. The van der Waals surface area contributed by atoms with Crippen LogP contribution in [0.2, 0.25) is 0 Å². The van der Waals surface area contributed by atoms with E-state index in [9.17, 15) is 14.4 Å². The topological polar surface area (TPSA) is 82.1 Å². The molecule has 3 rings (SSSR count). The van der Waals surface area contributed by atoms with Gasteiger partial charge in [0.2, 0.25) is 0 Å². The van der Waals surface area contributed by atoms with Crippen molar-refractivity contribution < 1.29 is 28.6 Å². The first-order valence-corrected chi connectivity index (χ1v) is 7.98. The fraction of sp³-hybridized carbons (Fsp3) is 0.211. The molecular weight excluding hydrogens is 338 g/mol. The van der Waals surface area contributed by atoms with Gasteiger partial charge in [0.15, 0.2) is 0 Å². The smallest absolute Gasteiger partial charge is 0.326 e. The molecule has 134 valence electrons. The third-order valence-corrected chi connectivity index (χ3v) is 3.84. The molecule has 0 aliphatic carbocycles. The van der Waals surface area contributed by atoms with Crippen LogP contribution < -0.4 is 14.4 Å². The summed E-state index contributed by atoms with van der Waals surface area (Å²) in [6, 6.07) is 13.6. The van der Waals surface area contributed by atoms with Crippen molar-refractivity contribution in [3.05, 3.63) is 54.1 Å². The Bertz CT molecular complexity index is 830. The highest BCUT2D eigenvalue weighted by Crippen LogP contribution is 2.28. The maximum absolute atomic E-state index is 12.0. The lowest BCUT2D eigenvalue weighted by Crippen LogP contribution is -2.35. The molecule has 0 fully saturated rings. The van der Waals surface area contributed by atoms with E-state index >= 15 is 0 Å². The van der Waals surface area contributed by atoms with Gasteiger partial charge < -0.3 is 14.2 Å². The van der Waals surface area contributed by atoms with E-state index in [2.05, 4.69) is 0 Å². The van der Waals surface area contributed by atoms with E-state index in [0.29, 0.717) is 22.7 Å². The molecule has 0 radical (unpaired) electrons. The third-order valence-electron chi connectivity index (χ3n) is 3.84. The van der Waals surface area contributed by atoms with Crippen molar-refractivity contribution in [1.29, 1.82) is 0 Å². The highest BCUT2D eigenvalue weighted by Gasteiger charge is 2.36. The fourth-order valence-corrected chi connectivity index (χ4v) is 2.57. The van der Waals surface area contributed by atoms with Crippen molar-refractivity contribution in [3.63, 3.8) is 0 Å². The summed E-state index contributed by atoms with van der Waals surface area (Å²) in [5.41, 5.74) is 0.724. The Morgan fingerprint density at radius 3 is 2.38 bits per heavy atom. The Labute approximate surface area is 150 Å². The molecule has 0 bridgehead atoms. The zero-order valence-corrected chi connectivity index (χ0v) is 14.1. The van der Waals surface area contributed by atoms with Crippen LogP contribution in [-0.2, 0) is 14.3 Å². The number of fused-ring (bicyclic) bond motifs is 1. The van der Waals surface area contributed by atoms with Gasteiger partial charge in [-0.25, -0.2) is 0 Å². The largest absolute Gasteiger partial charge is 0.497 e. The van der Waals surface area contributed by atoms with Crippen molar-refractivity contribution in [1.82, 2.24) is 0 Å². The summed E-state index contributed by atoms with van der Waals surface area (Å²) < 4.78 is 15.6. The average molecular weight is 355 g/mol. The first-order chi connectivity index (χ1) is 12.6. The van der Waals surface area contributed by atoms with Gasteiger partial charge in [-0.1, -0.05) is 12.1 Å². The van der Waals surface area contributed by atoms with Crippen LogP contribution >= 0.6 is 0 Å². The number of anilines is 1. The molecule has 1 amide bonds. The average Bonchev–Trinajstić information content (AvgIpc) is 2.91. The summed E-state index contributed by atoms with van der Waals surface area (Å²) in [6.07, 6.45) is 0. The van der Waals surface area contributed by atoms with Gasteiger partial charge in [-0.15, -0.1) is 0 Å². The molecule has 0 spiro atoms. The number of rotatable bonds is 7. The first kappa shape index (κ1) is 17.5. The van der Waals surface area contributed by atoms with E-state index < -0.39 is 17.7 Å². The maximum Gasteiger partial charge on any atom is 0.326 e. The third kappa shape index (κ3) is 3.66. The maximum atomic E-state index is 12.0. The standard InChI is InChI=1S/C19H17NO6/c1-24-13-6-8-14(9-7-13)25-10-11-26-17(21)12-20-16-5-3-2-4-15(16)18(22)19(20)23/h2-9H,10-12H2,1H3. The second-order valence-electron chi connectivity index (χ2n) is 5.48. The van der Waals surface area contributed by atoms with Gasteiger partial charge in [-0.05, 0) is 36.4 Å². The van der Waals surface area contributed by atoms with Crippen molar-refractivity contribution in [2.45, 2.75) is 0 Å². The molecule has 26 heavy (non-hydrogen) atoms. The molecule has 7 heteroatoms. The van der Waals surface area contributed by atoms with Gasteiger partial charge >= 0.3 is 5.97 Å². The number of benzene rings is 2. The number of ether oxygens (including phenoxy) is 3. The van der Waals surface area contributed by atoms with Crippen LogP contribution in [0.15, 0.2) is 48.5 Å². The lowest BCUT2D eigenvalue weighted by Gasteiger charge is -2.15. The zero-order chi connectivity index (χ0) is 18.5. The molecule has 0 atom stereocenters.